The van der Waals surface area contributed by atoms with Gasteiger partial charge in [0.15, 0.2) is 0 Å². The van der Waals surface area contributed by atoms with Gasteiger partial charge >= 0.3 is 0 Å². The van der Waals surface area contributed by atoms with E-state index in [0.29, 0.717) is 12.5 Å². The molecule has 78 valence electrons. The number of allylic oxidation sites excluding steroid dienone is 3. The van der Waals surface area contributed by atoms with E-state index in [0.717, 1.165) is 13.0 Å². The first kappa shape index (κ1) is 11.0. The van der Waals surface area contributed by atoms with Crippen LogP contribution in [0, 0.1) is 5.92 Å². The smallest absolute Gasteiger partial charge is 0.231 e. The van der Waals surface area contributed by atoms with Gasteiger partial charge in [-0.2, -0.15) is 0 Å². The van der Waals surface area contributed by atoms with E-state index in [4.69, 9.17) is 5.73 Å². The maximum Gasteiger partial charge on any atom is 0.231 e. The van der Waals surface area contributed by atoms with Crippen molar-refractivity contribution < 1.29 is 4.79 Å². The van der Waals surface area contributed by atoms with Crippen molar-refractivity contribution in [1.82, 2.24) is 4.90 Å². The van der Waals surface area contributed by atoms with Crippen LogP contribution in [0.15, 0.2) is 23.8 Å². The van der Waals surface area contributed by atoms with Crippen LogP contribution < -0.4 is 5.73 Å². The maximum atomic E-state index is 10.7. The first-order valence-electron chi connectivity index (χ1n) is 4.88. The molecule has 1 rings (SSSR count). The molecule has 3 heteroatoms. The van der Waals surface area contributed by atoms with Crippen LogP contribution in [0.1, 0.15) is 13.3 Å². The number of likely N-dealkylation sites (N-methyl/N-ethyl adjacent to an activating group) is 1. The van der Waals surface area contributed by atoms with Crippen molar-refractivity contribution in [1.29, 1.82) is 0 Å². The van der Waals surface area contributed by atoms with Gasteiger partial charge in [-0.3, -0.25) is 9.69 Å². The third-order valence-corrected chi connectivity index (χ3v) is 2.32. The largest absolute Gasteiger partial charge is 0.369 e. The molecule has 0 bridgehead atoms. The Morgan fingerprint density at radius 2 is 2.43 bits per heavy atom. The Hall–Kier alpha value is -1.09. The summed E-state index contributed by atoms with van der Waals surface area (Å²) in [6.07, 6.45) is 7.48. The van der Waals surface area contributed by atoms with E-state index in [9.17, 15) is 4.79 Å². The summed E-state index contributed by atoms with van der Waals surface area (Å²) in [6.45, 7) is 3.36. The predicted molar refractivity (Wildman–Crippen MR) is 57.7 cm³/mol. The minimum atomic E-state index is -0.264. The van der Waals surface area contributed by atoms with Crippen molar-refractivity contribution in [2.75, 3.05) is 20.1 Å². The van der Waals surface area contributed by atoms with Gasteiger partial charge < -0.3 is 5.73 Å². The highest BCUT2D eigenvalue weighted by Crippen LogP contribution is 2.18. The number of hydrogen-bond acceptors (Lipinski definition) is 2. The first-order chi connectivity index (χ1) is 6.58. The average Bonchev–Trinajstić information content (AvgIpc) is 2.01. The summed E-state index contributed by atoms with van der Waals surface area (Å²) >= 11 is 0. The Kier molecular flexibility index (Phi) is 3.89. The van der Waals surface area contributed by atoms with Gasteiger partial charge in [-0.25, -0.2) is 0 Å². The first-order valence-corrected chi connectivity index (χ1v) is 4.88. The molecular weight excluding hydrogens is 176 g/mol. The van der Waals surface area contributed by atoms with Crippen LogP contribution in [0.4, 0.5) is 0 Å². The van der Waals surface area contributed by atoms with Gasteiger partial charge in [0.25, 0.3) is 0 Å². The van der Waals surface area contributed by atoms with Crippen molar-refractivity contribution in [3.8, 4) is 0 Å². The van der Waals surface area contributed by atoms with Gasteiger partial charge in [-0.1, -0.05) is 23.8 Å². The molecule has 0 heterocycles. The van der Waals surface area contributed by atoms with Gasteiger partial charge in [0.2, 0.25) is 5.91 Å². The average molecular weight is 194 g/mol. The number of rotatable bonds is 4. The Bertz CT molecular complexity index is 268. The fraction of sp³-hybridized carbons (Fsp3) is 0.545. The van der Waals surface area contributed by atoms with Crippen LogP contribution in [-0.4, -0.2) is 30.9 Å². The molecule has 0 spiro atoms. The molecule has 1 aliphatic rings. The zero-order valence-corrected chi connectivity index (χ0v) is 8.86. The van der Waals surface area contributed by atoms with Gasteiger partial charge in [-0.05, 0) is 26.3 Å². The molecule has 0 aromatic rings. The standard InChI is InChI=1S/C11H18N2O/c1-9-4-3-5-10(6-9)7-13(2)8-11(12)14/h3-5,10H,6-8H2,1-2H3,(H2,12,14). The van der Waals surface area contributed by atoms with E-state index in [2.05, 4.69) is 25.2 Å². The second-order valence-corrected chi connectivity index (χ2v) is 4.03. The maximum absolute atomic E-state index is 10.7. The van der Waals surface area contributed by atoms with Gasteiger partial charge in [0.1, 0.15) is 0 Å². The quantitative estimate of drug-likeness (QED) is 0.723. The molecule has 0 aliphatic heterocycles. The SMILES string of the molecule is CC1=CC=CC(CN(C)CC(N)=O)C1. The van der Waals surface area contributed by atoms with Crippen LogP contribution in [0.5, 0.6) is 0 Å². The Morgan fingerprint density at radius 1 is 1.71 bits per heavy atom. The summed E-state index contributed by atoms with van der Waals surface area (Å²) in [4.78, 5) is 12.6. The van der Waals surface area contributed by atoms with E-state index >= 15 is 0 Å². The molecule has 0 saturated carbocycles. The summed E-state index contributed by atoms with van der Waals surface area (Å²) in [6, 6.07) is 0. The molecular formula is C11H18N2O. The van der Waals surface area contributed by atoms with E-state index in [1.807, 2.05) is 11.9 Å². The number of nitrogens with two attached hydrogens (primary N) is 1. The van der Waals surface area contributed by atoms with Gasteiger partial charge in [0, 0.05) is 6.54 Å². The lowest BCUT2D eigenvalue weighted by atomic mass is 9.95. The molecule has 1 atom stereocenters. The molecule has 3 nitrogen and oxygen atoms in total. The van der Waals surface area contributed by atoms with Crippen molar-refractivity contribution in [3.05, 3.63) is 23.8 Å². The zero-order chi connectivity index (χ0) is 10.6. The van der Waals surface area contributed by atoms with E-state index in [1.165, 1.54) is 5.57 Å². The molecule has 0 aromatic heterocycles. The Labute approximate surface area is 85.3 Å². The number of primary amides is 1. The molecule has 14 heavy (non-hydrogen) atoms. The molecule has 1 aliphatic carbocycles. The lowest BCUT2D eigenvalue weighted by Crippen LogP contribution is -2.34. The summed E-state index contributed by atoms with van der Waals surface area (Å²) in [5, 5.41) is 0. The van der Waals surface area contributed by atoms with Crippen molar-refractivity contribution in [2.24, 2.45) is 11.7 Å². The summed E-state index contributed by atoms with van der Waals surface area (Å²) in [5.41, 5.74) is 6.51. The predicted octanol–water partition coefficient (Wildman–Crippen LogP) is 0.926. The second kappa shape index (κ2) is 4.96. The number of carbonyl (C=O) groups excluding carboxylic acids is 1. The molecule has 0 aromatic carbocycles. The number of nitrogens with zero attached hydrogens (tertiary/aromatic N) is 1. The minimum Gasteiger partial charge on any atom is -0.369 e. The van der Waals surface area contributed by atoms with Crippen LogP contribution >= 0.6 is 0 Å². The molecule has 2 N–H and O–H groups in total. The molecule has 0 fully saturated rings. The fourth-order valence-corrected chi connectivity index (χ4v) is 1.78. The van der Waals surface area contributed by atoms with Gasteiger partial charge in [0.05, 0.1) is 6.54 Å². The zero-order valence-electron chi connectivity index (χ0n) is 8.86. The van der Waals surface area contributed by atoms with E-state index in [-0.39, 0.29) is 5.91 Å². The lowest BCUT2D eigenvalue weighted by Gasteiger charge is -2.22. The topological polar surface area (TPSA) is 46.3 Å². The minimum absolute atomic E-state index is 0.264. The second-order valence-electron chi connectivity index (χ2n) is 4.03. The summed E-state index contributed by atoms with van der Waals surface area (Å²) in [5.74, 6) is 0.254. The third kappa shape index (κ3) is 3.75. The van der Waals surface area contributed by atoms with Gasteiger partial charge in [-0.15, -0.1) is 0 Å². The summed E-state index contributed by atoms with van der Waals surface area (Å²) < 4.78 is 0. The fourth-order valence-electron chi connectivity index (χ4n) is 1.78. The summed E-state index contributed by atoms with van der Waals surface area (Å²) in [7, 11) is 1.92. The third-order valence-electron chi connectivity index (χ3n) is 2.32. The van der Waals surface area contributed by atoms with E-state index < -0.39 is 0 Å². The number of hydrogen-bond donors (Lipinski definition) is 1. The van der Waals surface area contributed by atoms with Crippen LogP contribution in [-0.2, 0) is 4.79 Å². The number of amides is 1. The van der Waals surface area contributed by atoms with E-state index in [1.54, 1.807) is 0 Å². The highest BCUT2D eigenvalue weighted by Gasteiger charge is 2.12. The van der Waals surface area contributed by atoms with Crippen LogP contribution in [0.25, 0.3) is 0 Å². The molecule has 0 saturated heterocycles. The Morgan fingerprint density at radius 3 is 3.00 bits per heavy atom. The highest BCUT2D eigenvalue weighted by molar-refractivity contribution is 5.75. The van der Waals surface area contributed by atoms with Crippen LogP contribution in [0.2, 0.25) is 0 Å². The van der Waals surface area contributed by atoms with Crippen molar-refractivity contribution in [2.45, 2.75) is 13.3 Å². The molecule has 1 amide bonds. The normalized spacial score (nSPS) is 21.1. The monoisotopic (exact) mass is 194 g/mol. The van der Waals surface area contributed by atoms with Crippen molar-refractivity contribution in [3.63, 3.8) is 0 Å². The highest BCUT2D eigenvalue weighted by atomic mass is 16.1. The van der Waals surface area contributed by atoms with Crippen LogP contribution in [0.3, 0.4) is 0 Å². The lowest BCUT2D eigenvalue weighted by molar-refractivity contribution is -0.118. The molecule has 1 unspecified atom stereocenters. The molecule has 0 radical (unpaired) electrons. The van der Waals surface area contributed by atoms with Crippen molar-refractivity contribution >= 4 is 5.91 Å². The number of carbonyl (C=O) groups is 1. The Balaban J connectivity index is 2.35.